The number of methoxy groups -OCH3 is 1. The van der Waals surface area contributed by atoms with Gasteiger partial charge in [-0.1, -0.05) is 24.3 Å². The molecule has 4 rings (SSSR count). The number of anilines is 2. The highest BCUT2D eigenvalue weighted by atomic mass is 32.2. The van der Waals surface area contributed by atoms with E-state index in [-0.39, 0.29) is 18.0 Å². The molecule has 0 radical (unpaired) electrons. The third kappa shape index (κ3) is 2.73. The molecule has 2 aliphatic rings. The first-order valence-electron chi connectivity index (χ1n) is 9.29. The number of carbonyl (C=O) groups is 2. The zero-order valence-electron chi connectivity index (χ0n) is 16.1. The third-order valence-corrected chi connectivity index (χ3v) is 6.55. The zero-order chi connectivity index (χ0) is 19.9. The molecular weight excluding hydrogens is 374 g/mol. The molecule has 6 nitrogen and oxygen atoms in total. The van der Waals surface area contributed by atoms with Crippen LogP contribution < -0.4 is 15.0 Å². The fraction of sp³-hybridized carbons (Fsp3) is 0.333. The van der Waals surface area contributed by atoms with E-state index in [1.165, 1.54) is 11.8 Å². The number of benzene rings is 2. The van der Waals surface area contributed by atoms with Crippen molar-refractivity contribution >= 4 is 35.1 Å². The van der Waals surface area contributed by atoms with Crippen molar-refractivity contribution in [2.45, 2.75) is 24.8 Å². The van der Waals surface area contributed by atoms with Gasteiger partial charge in [0.05, 0.1) is 12.8 Å². The number of nitrogens with zero attached hydrogens (tertiary/aromatic N) is 2. The minimum Gasteiger partial charge on any atom is -0.497 e. The Morgan fingerprint density at radius 3 is 2.75 bits per heavy atom. The van der Waals surface area contributed by atoms with E-state index >= 15 is 0 Å². The minimum atomic E-state index is -1.01. The van der Waals surface area contributed by atoms with Crippen LogP contribution in [-0.4, -0.2) is 42.3 Å². The van der Waals surface area contributed by atoms with Gasteiger partial charge in [-0.25, -0.2) is 4.79 Å². The van der Waals surface area contributed by atoms with Crippen molar-refractivity contribution in [2.75, 3.05) is 29.6 Å². The summed E-state index contributed by atoms with van der Waals surface area (Å²) in [5, 5.41) is 2.93. The summed E-state index contributed by atoms with van der Waals surface area (Å²) in [6, 6.07) is 14.7. The predicted molar refractivity (Wildman–Crippen MR) is 112 cm³/mol. The van der Waals surface area contributed by atoms with Crippen molar-refractivity contribution in [3.8, 4) is 5.75 Å². The number of hydrogen-bond donors (Lipinski definition) is 1. The Hall–Kier alpha value is -2.67. The molecule has 146 valence electrons. The summed E-state index contributed by atoms with van der Waals surface area (Å²) in [7, 11) is 1.58. The Morgan fingerprint density at radius 2 is 2.00 bits per heavy atom. The first-order valence-corrected chi connectivity index (χ1v) is 10.3. The molecular formula is C21H23N3O3S. The molecule has 1 spiro atoms. The number of rotatable bonds is 3. The summed E-state index contributed by atoms with van der Waals surface area (Å²) in [5.41, 5.74) is 2.41. The van der Waals surface area contributed by atoms with Crippen LogP contribution in [-0.2, 0) is 9.67 Å². The van der Waals surface area contributed by atoms with Gasteiger partial charge in [-0.15, -0.1) is 11.8 Å². The van der Waals surface area contributed by atoms with Crippen molar-refractivity contribution in [3.05, 3.63) is 54.1 Å². The summed E-state index contributed by atoms with van der Waals surface area (Å²) in [6.45, 7) is 4.49. The normalized spacial score (nSPS) is 20.8. The second kappa shape index (κ2) is 7.05. The topological polar surface area (TPSA) is 61.9 Å². The number of amides is 3. The van der Waals surface area contributed by atoms with Crippen LogP contribution in [0, 0.1) is 0 Å². The maximum atomic E-state index is 13.6. The maximum Gasteiger partial charge on any atom is 0.323 e. The lowest BCUT2D eigenvalue weighted by Crippen LogP contribution is -2.52. The van der Waals surface area contributed by atoms with E-state index in [2.05, 4.69) is 5.32 Å². The van der Waals surface area contributed by atoms with Crippen molar-refractivity contribution in [2.24, 2.45) is 0 Å². The second-order valence-corrected chi connectivity index (χ2v) is 8.38. The molecule has 2 aromatic rings. The average Bonchev–Trinajstić information content (AvgIpc) is 3.24. The summed E-state index contributed by atoms with van der Waals surface area (Å²) in [4.78, 5) is 29.2. The van der Waals surface area contributed by atoms with Crippen LogP contribution in [0.5, 0.6) is 5.75 Å². The average molecular weight is 398 g/mol. The Morgan fingerprint density at radius 1 is 1.21 bits per heavy atom. The van der Waals surface area contributed by atoms with Crippen LogP contribution in [0.15, 0.2) is 48.5 Å². The SMILES string of the molecule is COc1cccc(NC(=O)N2CCSC23C(=O)N(C(C)C)c2ccccc23)c1. The molecule has 28 heavy (non-hydrogen) atoms. The molecule has 1 unspecified atom stereocenters. The molecule has 1 N–H and O–H groups in total. The van der Waals surface area contributed by atoms with E-state index in [1.807, 2.05) is 50.2 Å². The summed E-state index contributed by atoms with van der Waals surface area (Å²) >= 11 is 1.53. The monoisotopic (exact) mass is 397 g/mol. The Bertz CT molecular complexity index is 933. The van der Waals surface area contributed by atoms with Gasteiger partial charge in [0, 0.05) is 35.7 Å². The van der Waals surface area contributed by atoms with E-state index in [0.29, 0.717) is 23.7 Å². The van der Waals surface area contributed by atoms with Gasteiger partial charge < -0.3 is 15.0 Å². The molecule has 2 heterocycles. The van der Waals surface area contributed by atoms with Crippen LogP contribution in [0.25, 0.3) is 0 Å². The fourth-order valence-electron chi connectivity index (χ4n) is 3.93. The van der Waals surface area contributed by atoms with Gasteiger partial charge in [0.25, 0.3) is 5.91 Å². The van der Waals surface area contributed by atoms with Gasteiger partial charge in [0.2, 0.25) is 0 Å². The summed E-state index contributed by atoms with van der Waals surface area (Å²) < 4.78 is 5.23. The minimum absolute atomic E-state index is 0.0116. The molecule has 2 aliphatic heterocycles. The van der Waals surface area contributed by atoms with E-state index in [0.717, 1.165) is 11.3 Å². The quantitative estimate of drug-likeness (QED) is 0.854. The van der Waals surface area contributed by atoms with Crippen LogP contribution in [0.3, 0.4) is 0 Å². The van der Waals surface area contributed by atoms with Gasteiger partial charge >= 0.3 is 6.03 Å². The molecule has 2 aromatic carbocycles. The summed E-state index contributed by atoms with van der Waals surface area (Å²) in [5.74, 6) is 1.32. The predicted octanol–water partition coefficient (Wildman–Crippen LogP) is 3.88. The lowest BCUT2D eigenvalue weighted by Gasteiger charge is -2.33. The number of carbonyl (C=O) groups excluding carboxylic acids is 2. The molecule has 0 aromatic heterocycles. The second-order valence-electron chi connectivity index (χ2n) is 7.09. The lowest BCUT2D eigenvalue weighted by molar-refractivity contribution is -0.123. The van der Waals surface area contributed by atoms with Crippen LogP contribution in [0.4, 0.5) is 16.2 Å². The number of ether oxygens (including phenoxy) is 1. The fourth-order valence-corrected chi connectivity index (χ4v) is 5.38. The standard InChI is InChI=1S/C21H23N3O3S/c1-14(2)24-18-10-5-4-9-17(18)21(19(24)25)23(11-12-28-21)20(26)22-15-7-6-8-16(13-15)27-3/h4-10,13-14H,11-12H2,1-3H3,(H,22,26). The molecule has 0 aliphatic carbocycles. The van der Waals surface area contributed by atoms with Gasteiger partial charge in [0.1, 0.15) is 5.75 Å². The Labute approximate surface area is 168 Å². The molecule has 7 heteroatoms. The number of thioether (sulfide) groups is 1. The van der Waals surface area contributed by atoms with E-state index in [9.17, 15) is 9.59 Å². The number of nitrogens with one attached hydrogen (secondary N) is 1. The molecule has 1 fully saturated rings. The first-order chi connectivity index (χ1) is 13.5. The van der Waals surface area contributed by atoms with Crippen LogP contribution >= 0.6 is 11.8 Å². The van der Waals surface area contributed by atoms with Gasteiger partial charge in [-0.05, 0) is 32.0 Å². The zero-order valence-corrected chi connectivity index (χ0v) is 17.0. The largest absolute Gasteiger partial charge is 0.497 e. The molecule has 1 atom stereocenters. The van der Waals surface area contributed by atoms with E-state index < -0.39 is 4.87 Å². The van der Waals surface area contributed by atoms with Gasteiger partial charge in [-0.3, -0.25) is 9.69 Å². The lowest BCUT2D eigenvalue weighted by atomic mass is 10.1. The van der Waals surface area contributed by atoms with Crippen molar-refractivity contribution in [3.63, 3.8) is 0 Å². The van der Waals surface area contributed by atoms with Crippen LogP contribution in [0.1, 0.15) is 19.4 Å². The highest BCUT2D eigenvalue weighted by molar-refractivity contribution is 8.01. The maximum absolute atomic E-state index is 13.6. The molecule has 1 saturated heterocycles. The molecule has 0 saturated carbocycles. The third-order valence-electron chi connectivity index (χ3n) is 5.13. The highest BCUT2D eigenvalue weighted by Gasteiger charge is 2.59. The Balaban J connectivity index is 1.71. The number of urea groups is 1. The Kier molecular flexibility index (Phi) is 4.71. The highest BCUT2D eigenvalue weighted by Crippen LogP contribution is 2.54. The number of hydrogen-bond acceptors (Lipinski definition) is 4. The molecule has 3 amide bonds. The van der Waals surface area contributed by atoms with Crippen LogP contribution in [0.2, 0.25) is 0 Å². The number of fused-ring (bicyclic) bond motifs is 2. The first kappa shape index (κ1) is 18.7. The van der Waals surface area contributed by atoms with Crippen molar-refractivity contribution in [1.29, 1.82) is 0 Å². The smallest absolute Gasteiger partial charge is 0.323 e. The summed E-state index contributed by atoms with van der Waals surface area (Å²) in [6.07, 6.45) is 0. The van der Waals surface area contributed by atoms with E-state index in [1.54, 1.807) is 29.0 Å². The van der Waals surface area contributed by atoms with Gasteiger partial charge in [0.15, 0.2) is 4.87 Å². The molecule has 0 bridgehead atoms. The van der Waals surface area contributed by atoms with Crippen molar-refractivity contribution in [1.82, 2.24) is 4.90 Å². The number of para-hydroxylation sites is 1. The van der Waals surface area contributed by atoms with E-state index in [4.69, 9.17) is 4.74 Å². The van der Waals surface area contributed by atoms with Gasteiger partial charge in [-0.2, -0.15) is 0 Å². The van der Waals surface area contributed by atoms with Crippen molar-refractivity contribution < 1.29 is 14.3 Å².